The summed E-state index contributed by atoms with van der Waals surface area (Å²) in [4.78, 5) is 11.9. The van der Waals surface area contributed by atoms with Crippen LogP contribution in [0.5, 0.6) is 17.2 Å². The molecule has 8 heteroatoms. The van der Waals surface area contributed by atoms with Gasteiger partial charge in [0.1, 0.15) is 5.75 Å². The lowest BCUT2D eigenvalue weighted by atomic mass is 10.2. The van der Waals surface area contributed by atoms with Crippen LogP contribution in [0, 0.1) is 6.92 Å². The number of nitrogens with zero attached hydrogens (tertiary/aromatic N) is 1. The second-order valence-electron chi connectivity index (χ2n) is 5.28. The first-order valence-corrected chi connectivity index (χ1v) is 9.35. The maximum absolute atomic E-state index is 11.9. The van der Waals surface area contributed by atoms with Crippen LogP contribution < -0.4 is 14.9 Å². The van der Waals surface area contributed by atoms with Crippen molar-refractivity contribution in [2.24, 2.45) is 5.10 Å². The molecule has 138 valence electrons. The van der Waals surface area contributed by atoms with Crippen molar-refractivity contribution in [1.82, 2.24) is 5.43 Å². The Bertz CT molecular complexity index is 802. The van der Waals surface area contributed by atoms with Crippen molar-refractivity contribution in [3.63, 3.8) is 0 Å². The Labute approximate surface area is 168 Å². The number of carbonyl (C=O) groups excluding carboxylic acids is 1. The normalized spacial score (nSPS) is 10.8. The van der Waals surface area contributed by atoms with Gasteiger partial charge in [0.25, 0.3) is 5.91 Å². The molecule has 0 atom stereocenters. The van der Waals surface area contributed by atoms with E-state index in [9.17, 15) is 9.90 Å². The zero-order valence-electron chi connectivity index (χ0n) is 14.3. The Morgan fingerprint density at radius 3 is 2.73 bits per heavy atom. The van der Waals surface area contributed by atoms with Gasteiger partial charge >= 0.3 is 0 Å². The highest BCUT2D eigenvalue weighted by atomic mass is 79.9. The molecule has 0 aliphatic carbocycles. The summed E-state index contributed by atoms with van der Waals surface area (Å²) in [5.74, 6) is 0.630. The van der Waals surface area contributed by atoms with E-state index in [4.69, 9.17) is 9.47 Å². The number of aromatic hydroxyl groups is 1. The van der Waals surface area contributed by atoms with E-state index in [2.05, 4.69) is 42.4 Å². The first kappa shape index (κ1) is 20.3. The van der Waals surface area contributed by atoms with Crippen LogP contribution in [-0.4, -0.2) is 30.4 Å². The molecule has 0 aliphatic heterocycles. The third-order valence-electron chi connectivity index (χ3n) is 3.23. The third kappa shape index (κ3) is 5.74. The van der Waals surface area contributed by atoms with E-state index in [0.29, 0.717) is 23.7 Å². The minimum absolute atomic E-state index is 0.0527. The summed E-state index contributed by atoms with van der Waals surface area (Å²) in [6.07, 6.45) is 1.46. The number of hydrogen-bond acceptors (Lipinski definition) is 5. The number of phenols is 1. The molecule has 0 aliphatic rings. The van der Waals surface area contributed by atoms with E-state index in [1.807, 2.05) is 26.0 Å². The molecule has 2 aromatic rings. The van der Waals surface area contributed by atoms with Crippen LogP contribution in [0.15, 0.2) is 44.4 Å². The van der Waals surface area contributed by atoms with Gasteiger partial charge in [0, 0.05) is 4.47 Å². The smallest absolute Gasteiger partial charge is 0.277 e. The highest BCUT2D eigenvalue weighted by Crippen LogP contribution is 2.32. The fourth-order valence-electron chi connectivity index (χ4n) is 2.10. The molecule has 0 bridgehead atoms. The summed E-state index contributed by atoms with van der Waals surface area (Å²) in [6.45, 7) is 3.99. The summed E-state index contributed by atoms with van der Waals surface area (Å²) < 4.78 is 12.5. The van der Waals surface area contributed by atoms with E-state index in [1.54, 1.807) is 12.1 Å². The van der Waals surface area contributed by atoms with Gasteiger partial charge in [0.05, 0.1) is 17.3 Å². The number of halogens is 2. The van der Waals surface area contributed by atoms with Crippen LogP contribution in [-0.2, 0) is 4.79 Å². The van der Waals surface area contributed by atoms with Gasteiger partial charge in [-0.05, 0) is 71.2 Å². The zero-order chi connectivity index (χ0) is 19.1. The summed E-state index contributed by atoms with van der Waals surface area (Å²) in [5, 5.41) is 13.5. The Balaban J connectivity index is 1.91. The number of phenolic OH excluding ortho intramolecular Hbond substituents is 1. The molecule has 1 amide bonds. The molecule has 0 saturated carbocycles. The largest absolute Gasteiger partial charge is 0.504 e. The van der Waals surface area contributed by atoms with Crippen LogP contribution in [0.4, 0.5) is 0 Å². The van der Waals surface area contributed by atoms with Gasteiger partial charge in [-0.2, -0.15) is 5.10 Å². The first-order chi connectivity index (χ1) is 12.4. The van der Waals surface area contributed by atoms with Gasteiger partial charge in [0.15, 0.2) is 18.1 Å². The molecule has 2 rings (SSSR count). The standard InChI is InChI=1S/C18H18Br2N2O4/c1-3-25-16-7-12(4-5-15(16)23)9-21-22-17(24)10-26-18-11(2)6-13(19)8-14(18)20/h4-9,23H,3,10H2,1-2H3,(H,22,24)/b21-9+. The van der Waals surface area contributed by atoms with E-state index in [0.717, 1.165) is 14.5 Å². The second-order valence-corrected chi connectivity index (χ2v) is 7.05. The molecule has 2 aromatic carbocycles. The van der Waals surface area contributed by atoms with Crippen molar-refractivity contribution in [2.45, 2.75) is 13.8 Å². The monoisotopic (exact) mass is 484 g/mol. The molecule has 0 heterocycles. The molecule has 0 unspecified atom stereocenters. The van der Waals surface area contributed by atoms with E-state index >= 15 is 0 Å². The summed E-state index contributed by atoms with van der Waals surface area (Å²) in [7, 11) is 0. The molecular formula is C18H18Br2N2O4. The number of hydrazone groups is 1. The lowest BCUT2D eigenvalue weighted by Crippen LogP contribution is -2.24. The van der Waals surface area contributed by atoms with E-state index in [-0.39, 0.29) is 18.3 Å². The molecule has 6 nitrogen and oxygen atoms in total. The van der Waals surface area contributed by atoms with Crippen LogP contribution in [0.25, 0.3) is 0 Å². The zero-order valence-corrected chi connectivity index (χ0v) is 17.4. The summed E-state index contributed by atoms with van der Waals surface area (Å²) in [5.41, 5.74) is 3.97. The molecule has 0 saturated heterocycles. The lowest BCUT2D eigenvalue weighted by Gasteiger charge is -2.10. The predicted molar refractivity (Wildman–Crippen MR) is 107 cm³/mol. The molecule has 26 heavy (non-hydrogen) atoms. The quantitative estimate of drug-likeness (QED) is 0.456. The van der Waals surface area contributed by atoms with Crippen molar-refractivity contribution in [1.29, 1.82) is 0 Å². The van der Waals surface area contributed by atoms with Gasteiger partial charge < -0.3 is 14.6 Å². The van der Waals surface area contributed by atoms with Crippen LogP contribution in [0.3, 0.4) is 0 Å². The van der Waals surface area contributed by atoms with Gasteiger partial charge in [0.2, 0.25) is 0 Å². The fraction of sp³-hybridized carbons (Fsp3) is 0.222. The van der Waals surface area contributed by atoms with Crippen LogP contribution >= 0.6 is 31.9 Å². The average Bonchev–Trinajstić information content (AvgIpc) is 2.57. The number of aryl methyl sites for hydroxylation is 1. The predicted octanol–water partition coefficient (Wildman–Crippen LogP) is 4.15. The molecule has 0 aromatic heterocycles. The topological polar surface area (TPSA) is 80.2 Å². The Morgan fingerprint density at radius 2 is 2.04 bits per heavy atom. The van der Waals surface area contributed by atoms with Gasteiger partial charge in [-0.3, -0.25) is 4.79 Å². The van der Waals surface area contributed by atoms with E-state index < -0.39 is 0 Å². The highest BCUT2D eigenvalue weighted by molar-refractivity contribution is 9.11. The Morgan fingerprint density at radius 1 is 1.27 bits per heavy atom. The van der Waals surface area contributed by atoms with Crippen LogP contribution in [0.1, 0.15) is 18.1 Å². The molecule has 2 N–H and O–H groups in total. The van der Waals surface area contributed by atoms with Crippen molar-refractivity contribution < 1.29 is 19.4 Å². The summed E-state index contributed by atoms with van der Waals surface area (Å²) >= 11 is 6.80. The highest BCUT2D eigenvalue weighted by Gasteiger charge is 2.09. The minimum atomic E-state index is -0.390. The van der Waals surface area contributed by atoms with Crippen molar-refractivity contribution >= 4 is 44.0 Å². The van der Waals surface area contributed by atoms with Crippen LogP contribution in [0.2, 0.25) is 0 Å². The number of ether oxygens (including phenoxy) is 2. The molecule has 0 spiro atoms. The number of benzene rings is 2. The van der Waals surface area contributed by atoms with Gasteiger partial charge in [-0.15, -0.1) is 0 Å². The number of amides is 1. The molecule has 0 fully saturated rings. The molecular weight excluding hydrogens is 468 g/mol. The van der Waals surface area contributed by atoms with Gasteiger partial charge in [-0.25, -0.2) is 5.43 Å². The SMILES string of the molecule is CCOc1cc(/C=N/NC(=O)COc2c(C)cc(Br)cc2Br)ccc1O. The minimum Gasteiger partial charge on any atom is -0.504 e. The summed E-state index contributed by atoms with van der Waals surface area (Å²) in [6, 6.07) is 8.54. The van der Waals surface area contributed by atoms with Crippen molar-refractivity contribution in [2.75, 3.05) is 13.2 Å². The number of hydrogen-bond donors (Lipinski definition) is 2. The first-order valence-electron chi connectivity index (χ1n) is 7.77. The van der Waals surface area contributed by atoms with E-state index in [1.165, 1.54) is 12.3 Å². The average molecular weight is 486 g/mol. The lowest BCUT2D eigenvalue weighted by molar-refractivity contribution is -0.123. The van der Waals surface area contributed by atoms with Crippen molar-refractivity contribution in [3.05, 3.63) is 50.4 Å². The van der Waals surface area contributed by atoms with Crippen molar-refractivity contribution in [3.8, 4) is 17.2 Å². The maximum Gasteiger partial charge on any atom is 0.277 e. The number of rotatable bonds is 7. The fourth-order valence-corrected chi connectivity index (χ4v) is 3.66. The number of carbonyl (C=O) groups is 1. The molecule has 0 radical (unpaired) electrons. The van der Waals surface area contributed by atoms with Gasteiger partial charge in [-0.1, -0.05) is 15.9 Å². The number of nitrogens with one attached hydrogen (secondary N) is 1. The maximum atomic E-state index is 11.9. The third-order valence-corrected chi connectivity index (χ3v) is 4.28. The second kappa shape index (κ2) is 9.59. The Hall–Kier alpha value is -2.06. The Kier molecular flexibility index (Phi) is 7.47.